The number of allylic oxidation sites excluding steroid dienone is 1. The molecule has 0 radical (unpaired) electrons. The third-order valence-corrected chi connectivity index (χ3v) is 2.30. The number of carbonyl (C=O) groups is 2. The summed E-state index contributed by atoms with van der Waals surface area (Å²) in [5, 5.41) is 27.8. The molecule has 0 saturated carbocycles. The van der Waals surface area contributed by atoms with Crippen LogP contribution in [0.25, 0.3) is 0 Å². The molecule has 1 aliphatic carbocycles. The average Bonchev–Trinajstić information content (AvgIpc) is 2.30. The van der Waals surface area contributed by atoms with Crippen LogP contribution in [0.4, 0.5) is 0 Å². The molecule has 1 rings (SSSR count). The van der Waals surface area contributed by atoms with Crippen molar-refractivity contribution >= 4 is 11.8 Å². The summed E-state index contributed by atoms with van der Waals surface area (Å²) in [5.41, 5.74) is -0.0341. The number of esters is 1. The molecule has 17 heavy (non-hydrogen) atoms. The average molecular weight is 242 g/mol. The summed E-state index contributed by atoms with van der Waals surface area (Å²) in [6, 6.07) is 0. The van der Waals surface area contributed by atoms with E-state index in [1.165, 1.54) is 12.2 Å². The van der Waals surface area contributed by atoms with Gasteiger partial charge in [-0.2, -0.15) is 0 Å². The Hall–Kier alpha value is -1.50. The van der Waals surface area contributed by atoms with Crippen LogP contribution in [0.1, 0.15) is 6.92 Å². The summed E-state index contributed by atoms with van der Waals surface area (Å²) < 4.78 is 4.71. The van der Waals surface area contributed by atoms with Gasteiger partial charge in [0.2, 0.25) is 0 Å². The maximum atomic E-state index is 11.5. The number of ether oxygens (including phenoxy) is 1. The summed E-state index contributed by atoms with van der Waals surface area (Å²) in [5.74, 6) is -1.38. The molecule has 6 heteroatoms. The smallest absolute Gasteiger partial charge is 0.330 e. The van der Waals surface area contributed by atoms with Gasteiger partial charge in [0, 0.05) is 11.6 Å². The maximum absolute atomic E-state index is 11.5. The summed E-state index contributed by atoms with van der Waals surface area (Å²) >= 11 is 0. The normalized spacial score (nSPS) is 29.3. The molecule has 0 saturated heterocycles. The number of aliphatic hydroxyl groups is 3. The Kier molecular flexibility index (Phi) is 4.56. The Morgan fingerprint density at radius 3 is 2.71 bits per heavy atom. The molecular weight excluding hydrogens is 228 g/mol. The highest BCUT2D eigenvalue weighted by Gasteiger charge is 2.36. The lowest BCUT2D eigenvalue weighted by Gasteiger charge is -2.26. The molecule has 3 atom stereocenters. The molecule has 0 fully saturated rings. The number of carbonyl (C=O) groups excluding carboxylic acids is 2. The van der Waals surface area contributed by atoms with Crippen LogP contribution in [0.2, 0.25) is 0 Å². The minimum Gasteiger partial charge on any atom is -0.458 e. The van der Waals surface area contributed by atoms with E-state index in [2.05, 4.69) is 0 Å². The molecule has 0 aromatic carbocycles. The molecular formula is C11H14O6. The molecule has 0 aromatic heterocycles. The molecule has 0 amide bonds. The van der Waals surface area contributed by atoms with E-state index in [1.54, 1.807) is 6.92 Å². The second-order valence-corrected chi connectivity index (χ2v) is 3.59. The second-order valence-electron chi connectivity index (χ2n) is 3.59. The minimum atomic E-state index is -1.69. The molecule has 0 spiro atoms. The standard InChI is InChI=1S/C11H14O6/c1-2-3-8(13)17-5-6-4-7(12)10(15)11(16)9(6)14/h2-4,7,10-12,15-16H,5H2,1H3/t7-,10-,11+/m0/s1. The van der Waals surface area contributed by atoms with E-state index in [4.69, 9.17) is 4.74 Å². The van der Waals surface area contributed by atoms with Gasteiger partial charge in [-0.05, 0) is 13.0 Å². The van der Waals surface area contributed by atoms with E-state index in [0.29, 0.717) is 0 Å². The van der Waals surface area contributed by atoms with Crippen molar-refractivity contribution in [3.8, 4) is 0 Å². The highest BCUT2D eigenvalue weighted by molar-refractivity contribution is 6.00. The Balaban J connectivity index is 2.68. The van der Waals surface area contributed by atoms with Gasteiger partial charge >= 0.3 is 5.97 Å². The molecule has 6 nitrogen and oxygen atoms in total. The zero-order valence-corrected chi connectivity index (χ0v) is 9.24. The van der Waals surface area contributed by atoms with E-state index >= 15 is 0 Å². The summed E-state index contributed by atoms with van der Waals surface area (Å²) in [4.78, 5) is 22.5. The van der Waals surface area contributed by atoms with Gasteiger partial charge in [-0.3, -0.25) is 4.79 Å². The fraction of sp³-hybridized carbons (Fsp3) is 0.455. The molecule has 94 valence electrons. The van der Waals surface area contributed by atoms with Crippen LogP contribution >= 0.6 is 0 Å². The Labute approximate surface area is 97.8 Å². The monoisotopic (exact) mass is 242 g/mol. The quantitative estimate of drug-likeness (QED) is 0.419. The van der Waals surface area contributed by atoms with Crippen molar-refractivity contribution in [2.24, 2.45) is 0 Å². The van der Waals surface area contributed by atoms with Crippen molar-refractivity contribution in [2.75, 3.05) is 6.61 Å². The van der Waals surface area contributed by atoms with Gasteiger partial charge in [-0.15, -0.1) is 0 Å². The van der Waals surface area contributed by atoms with Crippen LogP contribution in [-0.4, -0.2) is 52.0 Å². The van der Waals surface area contributed by atoms with E-state index in [0.717, 1.165) is 6.08 Å². The number of ketones is 1. The maximum Gasteiger partial charge on any atom is 0.330 e. The summed E-state index contributed by atoms with van der Waals surface area (Å²) in [7, 11) is 0. The van der Waals surface area contributed by atoms with Crippen molar-refractivity contribution in [1.82, 2.24) is 0 Å². The topological polar surface area (TPSA) is 104 Å². The Bertz CT molecular complexity index is 370. The first-order valence-corrected chi connectivity index (χ1v) is 5.06. The molecule has 0 bridgehead atoms. The first-order chi connectivity index (χ1) is 7.97. The lowest BCUT2D eigenvalue weighted by Crippen LogP contribution is -2.46. The molecule has 0 aromatic rings. The van der Waals surface area contributed by atoms with Crippen LogP contribution in [-0.2, 0) is 14.3 Å². The summed E-state index contributed by atoms with van der Waals surface area (Å²) in [6.45, 7) is 1.29. The SMILES string of the molecule is CC=CC(=O)OCC1=C[C@H](O)[C@H](O)[C@H](O)C1=O. The first kappa shape index (κ1) is 13.6. The van der Waals surface area contributed by atoms with Crippen molar-refractivity contribution in [3.05, 3.63) is 23.8 Å². The lowest BCUT2D eigenvalue weighted by atomic mass is 9.91. The van der Waals surface area contributed by atoms with E-state index in [9.17, 15) is 24.9 Å². The van der Waals surface area contributed by atoms with Crippen LogP contribution < -0.4 is 0 Å². The minimum absolute atomic E-state index is 0.0341. The predicted molar refractivity (Wildman–Crippen MR) is 56.9 cm³/mol. The Morgan fingerprint density at radius 2 is 2.12 bits per heavy atom. The largest absolute Gasteiger partial charge is 0.458 e. The van der Waals surface area contributed by atoms with Gasteiger partial charge in [0.25, 0.3) is 0 Å². The van der Waals surface area contributed by atoms with Crippen molar-refractivity contribution in [2.45, 2.75) is 25.2 Å². The van der Waals surface area contributed by atoms with E-state index < -0.39 is 30.1 Å². The van der Waals surface area contributed by atoms with Crippen molar-refractivity contribution in [1.29, 1.82) is 0 Å². The lowest BCUT2D eigenvalue weighted by molar-refractivity contribution is -0.140. The molecule has 3 N–H and O–H groups in total. The summed E-state index contributed by atoms with van der Waals surface area (Å²) in [6.07, 6.45) is -0.855. The van der Waals surface area contributed by atoms with Crippen LogP contribution in [0.15, 0.2) is 23.8 Å². The van der Waals surface area contributed by atoms with Gasteiger partial charge in [-0.1, -0.05) is 6.08 Å². The molecule has 0 aliphatic heterocycles. The number of Topliss-reactive ketones (excluding diaryl/α,β-unsaturated/α-hetero) is 1. The molecule has 1 aliphatic rings. The van der Waals surface area contributed by atoms with Gasteiger partial charge in [0.15, 0.2) is 5.78 Å². The van der Waals surface area contributed by atoms with Crippen LogP contribution in [0.3, 0.4) is 0 Å². The number of hydrogen-bond acceptors (Lipinski definition) is 6. The fourth-order valence-corrected chi connectivity index (χ4v) is 1.37. The highest BCUT2D eigenvalue weighted by atomic mass is 16.5. The first-order valence-electron chi connectivity index (χ1n) is 5.06. The van der Waals surface area contributed by atoms with Gasteiger partial charge in [0.1, 0.15) is 24.9 Å². The highest BCUT2D eigenvalue weighted by Crippen LogP contribution is 2.16. The predicted octanol–water partition coefficient (Wildman–Crippen LogP) is -1.30. The van der Waals surface area contributed by atoms with Gasteiger partial charge < -0.3 is 20.1 Å². The number of aliphatic hydroxyl groups excluding tert-OH is 3. The van der Waals surface area contributed by atoms with Crippen LogP contribution in [0, 0.1) is 0 Å². The van der Waals surface area contributed by atoms with Gasteiger partial charge in [-0.25, -0.2) is 4.79 Å². The van der Waals surface area contributed by atoms with Crippen molar-refractivity contribution in [3.63, 3.8) is 0 Å². The number of hydrogen-bond donors (Lipinski definition) is 3. The number of rotatable bonds is 3. The third-order valence-electron chi connectivity index (χ3n) is 2.30. The Morgan fingerprint density at radius 1 is 1.47 bits per heavy atom. The molecule has 0 heterocycles. The van der Waals surface area contributed by atoms with E-state index in [-0.39, 0.29) is 12.2 Å². The van der Waals surface area contributed by atoms with Gasteiger partial charge in [0.05, 0.1) is 0 Å². The molecule has 0 unspecified atom stereocenters. The van der Waals surface area contributed by atoms with Crippen LogP contribution in [0.5, 0.6) is 0 Å². The zero-order valence-electron chi connectivity index (χ0n) is 9.24. The third kappa shape index (κ3) is 3.23. The second kappa shape index (κ2) is 5.72. The fourth-order valence-electron chi connectivity index (χ4n) is 1.37. The zero-order chi connectivity index (χ0) is 13.0. The van der Waals surface area contributed by atoms with E-state index in [1.807, 2.05) is 0 Å². The van der Waals surface area contributed by atoms with Crippen molar-refractivity contribution < 1.29 is 29.6 Å².